The number of hydrogen-bond donors (Lipinski definition) is 3. The maximum Gasteiger partial charge on any atom is 0.224 e. The Balaban J connectivity index is 1.90. The molecule has 6 nitrogen and oxygen atoms in total. The van der Waals surface area contributed by atoms with Crippen molar-refractivity contribution in [3.8, 4) is 0 Å². The van der Waals surface area contributed by atoms with Gasteiger partial charge in [-0.2, -0.15) is 5.10 Å². The highest BCUT2D eigenvalue weighted by Crippen LogP contribution is 2.32. The number of sulfone groups is 1. The van der Waals surface area contributed by atoms with Gasteiger partial charge in [0.15, 0.2) is 5.03 Å². The summed E-state index contributed by atoms with van der Waals surface area (Å²) in [5.41, 5.74) is 13.7. The minimum atomic E-state index is -3.81. The molecule has 0 amide bonds. The van der Waals surface area contributed by atoms with Gasteiger partial charge in [0.05, 0.1) is 10.4 Å². The summed E-state index contributed by atoms with van der Waals surface area (Å²) in [7, 11) is -3.81. The number of aromatic nitrogens is 2. The van der Waals surface area contributed by atoms with Gasteiger partial charge in [-0.1, -0.05) is 49.4 Å². The Morgan fingerprint density at radius 2 is 1.75 bits per heavy atom. The largest absolute Gasteiger partial charge is 0.326 e. The van der Waals surface area contributed by atoms with E-state index in [-0.39, 0.29) is 22.0 Å². The van der Waals surface area contributed by atoms with Crippen molar-refractivity contribution in [2.75, 3.05) is 0 Å². The van der Waals surface area contributed by atoms with Crippen molar-refractivity contribution in [2.45, 2.75) is 35.3 Å². The lowest BCUT2D eigenvalue weighted by Crippen LogP contribution is -2.33. The van der Waals surface area contributed by atoms with E-state index in [1.807, 2.05) is 43.3 Å². The molecule has 0 fully saturated rings. The fourth-order valence-corrected chi connectivity index (χ4v) is 5.03. The van der Waals surface area contributed by atoms with E-state index in [0.29, 0.717) is 16.3 Å². The van der Waals surface area contributed by atoms with Crippen LogP contribution in [0.2, 0.25) is 0 Å². The SMILES string of the molecule is CCC(N)C(N)c1ccc2n[nH]c(S(=O)(=O)c3cccc4ccccc34)c2c1. The molecular formula is C21H22N4O2S. The molecule has 2 atom stereocenters. The lowest BCUT2D eigenvalue weighted by Gasteiger charge is -2.18. The molecule has 1 heterocycles. The smallest absolute Gasteiger partial charge is 0.224 e. The van der Waals surface area contributed by atoms with Crippen LogP contribution in [0.25, 0.3) is 21.7 Å². The minimum absolute atomic E-state index is 0.0676. The molecule has 28 heavy (non-hydrogen) atoms. The van der Waals surface area contributed by atoms with Crippen molar-refractivity contribution in [2.24, 2.45) is 11.5 Å². The van der Waals surface area contributed by atoms with Crippen molar-refractivity contribution in [3.05, 3.63) is 66.2 Å². The Morgan fingerprint density at radius 1 is 1.00 bits per heavy atom. The van der Waals surface area contributed by atoms with Gasteiger partial charge in [-0.25, -0.2) is 8.42 Å². The number of rotatable bonds is 5. The van der Waals surface area contributed by atoms with Crippen LogP contribution in [0.1, 0.15) is 24.9 Å². The summed E-state index contributed by atoms with van der Waals surface area (Å²) in [5.74, 6) is 0. The summed E-state index contributed by atoms with van der Waals surface area (Å²) in [5, 5.41) is 9.02. The number of nitrogens with one attached hydrogen (secondary N) is 1. The molecule has 0 aliphatic heterocycles. The third kappa shape index (κ3) is 2.97. The van der Waals surface area contributed by atoms with Crippen molar-refractivity contribution < 1.29 is 8.42 Å². The topological polar surface area (TPSA) is 115 Å². The van der Waals surface area contributed by atoms with E-state index in [9.17, 15) is 8.42 Å². The molecule has 4 aromatic rings. The first-order valence-electron chi connectivity index (χ1n) is 9.15. The van der Waals surface area contributed by atoms with Crippen LogP contribution in [0.15, 0.2) is 70.6 Å². The summed E-state index contributed by atoms with van der Waals surface area (Å²) >= 11 is 0. The summed E-state index contributed by atoms with van der Waals surface area (Å²) in [6.07, 6.45) is 0.728. The van der Waals surface area contributed by atoms with E-state index in [1.165, 1.54) is 0 Å². The number of aromatic amines is 1. The van der Waals surface area contributed by atoms with Crippen LogP contribution in [0.3, 0.4) is 0 Å². The molecule has 1 aromatic heterocycles. The molecule has 144 valence electrons. The average Bonchev–Trinajstić information content (AvgIpc) is 3.16. The van der Waals surface area contributed by atoms with E-state index in [1.54, 1.807) is 24.3 Å². The standard InChI is InChI=1S/C21H22N4O2S/c1-2-17(22)20(23)14-10-11-18-16(12-14)21(25-24-18)28(26,27)19-9-5-7-13-6-3-4-8-15(13)19/h3-12,17,20H,2,22-23H2,1H3,(H,24,25). The molecule has 0 bridgehead atoms. The average molecular weight is 395 g/mol. The van der Waals surface area contributed by atoms with Gasteiger partial charge in [-0.15, -0.1) is 0 Å². The maximum absolute atomic E-state index is 13.5. The summed E-state index contributed by atoms with van der Waals surface area (Å²) in [4.78, 5) is 0.246. The monoisotopic (exact) mass is 394 g/mol. The molecular weight excluding hydrogens is 372 g/mol. The Morgan fingerprint density at radius 3 is 2.54 bits per heavy atom. The number of fused-ring (bicyclic) bond motifs is 2. The predicted molar refractivity (Wildman–Crippen MR) is 111 cm³/mol. The molecule has 5 N–H and O–H groups in total. The highest BCUT2D eigenvalue weighted by Gasteiger charge is 2.26. The molecule has 0 saturated heterocycles. The zero-order valence-electron chi connectivity index (χ0n) is 15.5. The Kier molecular flexibility index (Phi) is 4.66. The first-order chi connectivity index (χ1) is 13.4. The van der Waals surface area contributed by atoms with E-state index in [2.05, 4.69) is 10.2 Å². The summed E-state index contributed by atoms with van der Waals surface area (Å²) in [6.45, 7) is 1.97. The zero-order chi connectivity index (χ0) is 19.9. The molecule has 7 heteroatoms. The molecule has 0 radical (unpaired) electrons. The van der Waals surface area contributed by atoms with Crippen LogP contribution in [0, 0.1) is 0 Å². The molecule has 0 saturated carbocycles. The van der Waals surface area contributed by atoms with Crippen LogP contribution in [-0.4, -0.2) is 24.7 Å². The number of hydrogen-bond acceptors (Lipinski definition) is 5. The fourth-order valence-electron chi connectivity index (χ4n) is 3.46. The highest BCUT2D eigenvalue weighted by atomic mass is 32.2. The Hall–Kier alpha value is -2.74. The quantitative estimate of drug-likeness (QED) is 0.480. The molecule has 0 aliphatic carbocycles. The van der Waals surface area contributed by atoms with E-state index in [0.717, 1.165) is 17.4 Å². The van der Waals surface area contributed by atoms with Crippen LogP contribution in [0.5, 0.6) is 0 Å². The van der Waals surface area contributed by atoms with Crippen molar-refractivity contribution in [1.29, 1.82) is 0 Å². The minimum Gasteiger partial charge on any atom is -0.326 e. The van der Waals surface area contributed by atoms with Crippen LogP contribution in [-0.2, 0) is 9.84 Å². The molecule has 0 aliphatic rings. The lowest BCUT2D eigenvalue weighted by atomic mass is 9.98. The number of H-pyrrole nitrogens is 1. The van der Waals surface area contributed by atoms with Crippen LogP contribution < -0.4 is 11.5 Å². The number of nitrogens with zero attached hydrogens (tertiary/aromatic N) is 1. The van der Waals surface area contributed by atoms with Crippen molar-refractivity contribution in [1.82, 2.24) is 10.2 Å². The van der Waals surface area contributed by atoms with Crippen LogP contribution in [0.4, 0.5) is 0 Å². The molecule has 4 rings (SSSR count). The molecule has 3 aromatic carbocycles. The van der Waals surface area contributed by atoms with E-state index in [4.69, 9.17) is 11.5 Å². The van der Waals surface area contributed by atoms with Gasteiger partial charge in [0, 0.05) is 22.9 Å². The summed E-state index contributed by atoms with van der Waals surface area (Å²) in [6, 6.07) is 17.5. The van der Waals surface area contributed by atoms with Gasteiger partial charge < -0.3 is 11.5 Å². The second kappa shape index (κ2) is 7.01. The number of nitrogens with two attached hydrogens (primary N) is 2. The van der Waals surface area contributed by atoms with Gasteiger partial charge in [0.2, 0.25) is 9.84 Å². The van der Waals surface area contributed by atoms with Gasteiger partial charge in [0.1, 0.15) is 0 Å². The lowest BCUT2D eigenvalue weighted by molar-refractivity contribution is 0.533. The zero-order valence-corrected chi connectivity index (χ0v) is 16.3. The maximum atomic E-state index is 13.5. The fraction of sp³-hybridized carbons (Fsp3) is 0.190. The third-order valence-electron chi connectivity index (χ3n) is 5.17. The van der Waals surface area contributed by atoms with Gasteiger partial charge in [-0.3, -0.25) is 5.10 Å². The van der Waals surface area contributed by atoms with E-state index >= 15 is 0 Å². The normalized spacial score (nSPS) is 14.4. The van der Waals surface area contributed by atoms with E-state index < -0.39 is 9.84 Å². The van der Waals surface area contributed by atoms with Gasteiger partial charge >= 0.3 is 0 Å². The predicted octanol–water partition coefficient (Wildman–Crippen LogP) is 3.29. The summed E-state index contributed by atoms with van der Waals surface area (Å²) < 4.78 is 26.9. The Bertz CT molecular complexity index is 1260. The first kappa shape index (κ1) is 18.6. The number of benzene rings is 3. The Labute approximate surface area is 163 Å². The molecule has 0 spiro atoms. The van der Waals surface area contributed by atoms with Crippen LogP contribution >= 0.6 is 0 Å². The van der Waals surface area contributed by atoms with Crippen molar-refractivity contribution in [3.63, 3.8) is 0 Å². The van der Waals surface area contributed by atoms with Gasteiger partial charge in [-0.05, 0) is 35.6 Å². The van der Waals surface area contributed by atoms with Crippen molar-refractivity contribution >= 4 is 31.5 Å². The second-order valence-corrected chi connectivity index (χ2v) is 8.76. The second-order valence-electron chi connectivity index (χ2n) is 6.91. The highest BCUT2D eigenvalue weighted by molar-refractivity contribution is 7.91. The molecule has 2 unspecified atom stereocenters. The first-order valence-corrected chi connectivity index (χ1v) is 10.6. The third-order valence-corrected chi connectivity index (χ3v) is 6.95. The van der Waals surface area contributed by atoms with Gasteiger partial charge in [0.25, 0.3) is 0 Å².